The summed E-state index contributed by atoms with van der Waals surface area (Å²) in [6, 6.07) is 18.9. The predicted octanol–water partition coefficient (Wildman–Crippen LogP) is 0.842. The molecule has 0 amide bonds. The molecule has 0 bridgehead atoms. The van der Waals surface area contributed by atoms with Crippen molar-refractivity contribution in [1.82, 2.24) is 4.98 Å². The molecule has 9 nitrogen and oxygen atoms in total. The number of nitrogens with one attached hydrogen (secondary N) is 1. The highest BCUT2D eigenvalue weighted by Crippen LogP contribution is 2.34. The lowest BCUT2D eigenvalue weighted by atomic mass is 10.0. The zero-order valence-corrected chi connectivity index (χ0v) is 15.9. The van der Waals surface area contributed by atoms with Gasteiger partial charge in [0.05, 0.1) is 12.8 Å². The van der Waals surface area contributed by atoms with Crippen LogP contribution in [-0.4, -0.2) is 67.8 Å². The Morgan fingerprint density at radius 3 is 2.10 bits per heavy atom. The summed E-state index contributed by atoms with van der Waals surface area (Å²) in [6.07, 6.45) is -5.77. The van der Waals surface area contributed by atoms with Gasteiger partial charge in [-0.05, 0) is 0 Å². The Bertz CT molecular complexity index is 891. The molecular weight excluding hydrogens is 390 g/mol. The molecule has 0 saturated heterocycles. The molecule has 1 aromatic heterocycles. The van der Waals surface area contributed by atoms with Crippen molar-refractivity contribution >= 4 is 12.2 Å². The lowest BCUT2D eigenvalue weighted by Crippen LogP contribution is -2.46. The van der Waals surface area contributed by atoms with Crippen LogP contribution in [0.25, 0.3) is 22.6 Å². The van der Waals surface area contributed by atoms with Gasteiger partial charge in [-0.15, -0.1) is 0 Å². The molecule has 0 aliphatic heterocycles. The molecule has 3 aromatic rings. The normalized spacial score (nSPS) is 15.6. The van der Waals surface area contributed by atoms with Crippen molar-refractivity contribution < 1.29 is 29.9 Å². The van der Waals surface area contributed by atoms with Gasteiger partial charge >= 0.3 is 6.01 Å². The first-order valence-corrected chi connectivity index (χ1v) is 9.25. The van der Waals surface area contributed by atoms with Gasteiger partial charge in [0.1, 0.15) is 30.1 Å². The van der Waals surface area contributed by atoms with Crippen LogP contribution in [0.1, 0.15) is 0 Å². The smallest absolute Gasteiger partial charge is 0.316 e. The van der Waals surface area contributed by atoms with Crippen molar-refractivity contribution in [2.75, 3.05) is 12.0 Å². The monoisotopic (exact) mass is 413 g/mol. The van der Waals surface area contributed by atoms with Gasteiger partial charge in [0.15, 0.2) is 5.76 Å². The highest BCUT2D eigenvalue weighted by atomic mass is 16.4. The maximum atomic E-state index is 9.88. The zero-order chi connectivity index (χ0) is 21.5. The Labute approximate surface area is 172 Å². The van der Waals surface area contributed by atoms with Crippen LogP contribution in [0.4, 0.5) is 6.01 Å². The molecule has 158 valence electrons. The molecule has 6 N–H and O–H groups in total. The molecule has 0 radical (unpaired) electrons. The fourth-order valence-electron chi connectivity index (χ4n) is 2.74. The molecule has 4 atom stereocenters. The topological polar surface area (TPSA) is 152 Å². The zero-order valence-electron chi connectivity index (χ0n) is 15.9. The van der Waals surface area contributed by atoms with E-state index in [0.29, 0.717) is 11.5 Å². The SMILES string of the molecule is OC[C@@H](O)[C@H](O)[C@H](O)[C@@H](O)/C=N/Nc1nc(-c2ccccc2)c(-c2ccccc2)o1. The predicted molar refractivity (Wildman–Crippen MR) is 111 cm³/mol. The minimum atomic E-state index is -1.75. The van der Waals surface area contributed by atoms with Gasteiger partial charge in [0.25, 0.3) is 0 Å². The minimum absolute atomic E-state index is 0.0570. The Kier molecular flexibility index (Phi) is 7.28. The fraction of sp³-hybridized carbons (Fsp3) is 0.238. The molecule has 30 heavy (non-hydrogen) atoms. The van der Waals surface area contributed by atoms with Crippen LogP contribution in [0.2, 0.25) is 0 Å². The molecule has 3 rings (SSSR count). The van der Waals surface area contributed by atoms with E-state index in [9.17, 15) is 20.4 Å². The van der Waals surface area contributed by atoms with Crippen molar-refractivity contribution in [3.8, 4) is 22.6 Å². The quantitative estimate of drug-likeness (QED) is 0.223. The average molecular weight is 413 g/mol. The minimum Gasteiger partial charge on any atom is -0.422 e. The second-order valence-electron chi connectivity index (χ2n) is 6.54. The molecular formula is C21H23N3O6. The number of aromatic nitrogens is 1. The summed E-state index contributed by atoms with van der Waals surface area (Å²) in [4.78, 5) is 4.42. The number of oxazole rings is 1. The summed E-state index contributed by atoms with van der Waals surface area (Å²) >= 11 is 0. The molecule has 0 fully saturated rings. The first kappa shape index (κ1) is 21.6. The molecule has 0 aliphatic rings. The Morgan fingerprint density at radius 2 is 1.50 bits per heavy atom. The third-order valence-electron chi connectivity index (χ3n) is 4.38. The molecule has 9 heteroatoms. The van der Waals surface area contributed by atoms with Crippen LogP contribution < -0.4 is 5.43 Å². The van der Waals surface area contributed by atoms with Gasteiger partial charge in [-0.25, -0.2) is 5.43 Å². The summed E-state index contributed by atoms with van der Waals surface area (Å²) < 4.78 is 5.80. The van der Waals surface area contributed by atoms with Gasteiger partial charge in [-0.3, -0.25) is 0 Å². The van der Waals surface area contributed by atoms with Crippen LogP contribution in [0, 0.1) is 0 Å². The van der Waals surface area contributed by atoms with E-state index in [4.69, 9.17) is 9.52 Å². The number of aliphatic hydroxyl groups is 5. The lowest BCUT2D eigenvalue weighted by Gasteiger charge is -2.23. The third kappa shape index (κ3) is 5.09. The van der Waals surface area contributed by atoms with E-state index >= 15 is 0 Å². The highest BCUT2D eigenvalue weighted by Gasteiger charge is 2.29. The van der Waals surface area contributed by atoms with Gasteiger partial charge in [-0.1, -0.05) is 60.7 Å². The maximum Gasteiger partial charge on any atom is 0.316 e. The van der Waals surface area contributed by atoms with E-state index in [1.807, 2.05) is 60.7 Å². The van der Waals surface area contributed by atoms with E-state index in [-0.39, 0.29) is 6.01 Å². The molecule has 1 heterocycles. The molecule has 0 unspecified atom stereocenters. The van der Waals surface area contributed by atoms with Crippen molar-refractivity contribution in [3.63, 3.8) is 0 Å². The van der Waals surface area contributed by atoms with Crippen molar-refractivity contribution in [2.24, 2.45) is 5.10 Å². The summed E-state index contributed by atoms with van der Waals surface area (Å²) in [7, 11) is 0. The summed E-state index contributed by atoms with van der Waals surface area (Å²) in [5.74, 6) is 0.529. The number of nitrogens with zero attached hydrogens (tertiary/aromatic N) is 2. The Hall–Kier alpha value is -3.08. The Balaban J connectivity index is 1.79. The highest BCUT2D eigenvalue weighted by molar-refractivity contribution is 5.78. The first-order valence-electron chi connectivity index (χ1n) is 9.25. The van der Waals surface area contributed by atoms with Crippen molar-refractivity contribution in [2.45, 2.75) is 24.4 Å². The molecule has 0 spiro atoms. The van der Waals surface area contributed by atoms with Crippen molar-refractivity contribution in [3.05, 3.63) is 60.7 Å². The van der Waals surface area contributed by atoms with Gasteiger partial charge in [0, 0.05) is 11.1 Å². The Morgan fingerprint density at radius 1 is 0.900 bits per heavy atom. The lowest BCUT2D eigenvalue weighted by molar-refractivity contribution is -0.0999. The van der Waals surface area contributed by atoms with Crippen LogP contribution in [-0.2, 0) is 0 Å². The second-order valence-corrected chi connectivity index (χ2v) is 6.54. The number of hydrogen-bond donors (Lipinski definition) is 6. The van der Waals surface area contributed by atoms with Crippen molar-refractivity contribution in [1.29, 1.82) is 0 Å². The number of hydrogen-bond acceptors (Lipinski definition) is 9. The van der Waals surface area contributed by atoms with Gasteiger partial charge < -0.3 is 29.9 Å². The average Bonchev–Trinajstić information content (AvgIpc) is 3.22. The van der Waals surface area contributed by atoms with Gasteiger partial charge in [0.2, 0.25) is 0 Å². The van der Waals surface area contributed by atoms with Gasteiger partial charge in [-0.2, -0.15) is 10.1 Å². The summed E-state index contributed by atoms with van der Waals surface area (Å²) in [5, 5.41) is 51.2. The van der Waals surface area contributed by atoms with E-state index in [2.05, 4.69) is 15.5 Å². The molecule has 0 saturated carbocycles. The summed E-state index contributed by atoms with van der Waals surface area (Å²) in [6.45, 7) is -0.763. The number of anilines is 1. The molecule has 0 aliphatic carbocycles. The standard InChI is InChI=1S/C21H23N3O6/c25-12-16(27)19(29)18(28)15(26)11-22-24-21-23-17(13-7-3-1-4-8-13)20(30-21)14-9-5-2-6-10-14/h1-11,15-16,18-19,25-29H,12H2,(H,23,24)/b22-11+/t15-,16+,18+,19-/m0/s1. The number of benzene rings is 2. The van der Waals surface area contributed by atoms with E-state index in [0.717, 1.165) is 17.3 Å². The van der Waals surface area contributed by atoms with Crippen LogP contribution in [0.5, 0.6) is 0 Å². The largest absolute Gasteiger partial charge is 0.422 e. The number of aliphatic hydroxyl groups excluding tert-OH is 5. The van der Waals surface area contributed by atoms with Crippen LogP contribution >= 0.6 is 0 Å². The van der Waals surface area contributed by atoms with E-state index in [1.54, 1.807) is 0 Å². The fourth-order valence-corrected chi connectivity index (χ4v) is 2.74. The number of rotatable bonds is 9. The van der Waals surface area contributed by atoms with E-state index < -0.39 is 31.0 Å². The number of hydrazone groups is 1. The van der Waals surface area contributed by atoms with E-state index in [1.165, 1.54) is 0 Å². The summed E-state index contributed by atoms with van der Waals surface area (Å²) in [5.41, 5.74) is 4.80. The van der Waals surface area contributed by atoms with Crippen LogP contribution in [0.3, 0.4) is 0 Å². The first-order chi connectivity index (χ1) is 14.5. The van der Waals surface area contributed by atoms with Crippen LogP contribution in [0.15, 0.2) is 70.2 Å². The second kappa shape index (κ2) is 10.1. The third-order valence-corrected chi connectivity index (χ3v) is 4.38. The maximum absolute atomic E-state index is 9.88. The molecule has 2 aromatic carbocycles.